The van der Waals surface area contributed by atoms with Gasteiger partial charge in [0.15, 0.2) is 0 Å². The quantitative estimate of drug-likeness (QED) is 0.300. The Labute approximate surface area is 208 Å². The van der Waals surface area contributed by atoms with Gasteiger partial charge in [0.05, 0.1) is 18.9 Å². The van der Waals surface area contributed by atoms with E-state index in [2.05, 4.69) is 49.1 Å². The first-order chi connectivity index (χ1) is 17.2. The van der Waals surface area contributed by atoms with Crippen LogP contribution in [0.25, 0.3) is 10.3 Å². The van der Waals surface area contributed by atoms with Crippen molar-refractivity contribution in [3.8, 4) is 6.01 Å². The number of benzene rings is 1. The molecule has 9 nitrogen and oxygen atoms in total. The van der Waals surface area contributed by atoms with Gasteiger partial charge in [-0.15, -0.1) is 0 Å². The van der Waals surface area contributed by atoms with Gasteiger partial charge in [-0.2, -0.15) is 4.98 Å². The molecular weight excluding hydrogens is 464 g/mol. The maximum Gasteiger partial charge on any atom is 0.316 e. The summed E-state index contributed by atoms with van der Waals surface area (Å²) in [6.07, 6.45) is 3.40. The fraction of sp³-hybridized carbons (Fsp3) is 0.360. The van der Waals surface area contributed by atoms with E-state index in [0.29, 0.717) is 25.5 Å². The predicted molar refractivity (Wildman–Crippen MR) is 135 cm³/mol. The summed E-state index contributed by atoms with van der Waals surface area (Å²) in [5, 5.41) is 0.754. The summed E-state index contributed by atoms with van der Waals surface area (Å²) in [6.45, 7) is 4.28. The number of hydrogen-bond donors (Lipinski definition) is 1. The van der Waals surface area contributed by atoms with Crippen LogP contribution in [0, 0.1) is 0 Å². The monoisotopic (exact) mass is 494 g/mol. The van der Waals surface area contributed by atoms with Crippen LogP contribution in [0.15, 0.2) is 54.9 Å². The molecule has 0 saturated carbocycles. The summed E-state index contributed by atoms with van der Waals surface area (Å²) in [6, 6.07) is 13.7. The largest absolute Gasteiger partial charge is 0.459 e. The van der Waals surface area contributed by atoms with Crippen LogP contribution in [-0.2, 0) is 22.6 Å². The van der Waals surface area contributed by atoms with Crippen LogP contribution in [-0.4, -0.2) is 65.4 Å². The molecule has 3 heterocycles. The molecule has 4 rings (SSSR count). The minimum absolute atomic E-state index is 0.284. The maximum absolute atomic E-state index is 6.43. The summed E-state index contributed by atoms with van der Waals surface area (Å²) < 4.78 is 16.3. The van der Waals surface area contributed by atoms with Gasteiger partial charge in [-0.05, 0) is 29.3 Å². The van der Waals surface area contributed by atoms with E-state index in [9.17, 15) is 0 Å². The van der Waals surface area contributed by atoms with Gasteiger partial charge >= 0.3 is 6.01 Å². The van der Waals surface area contributed by atoms with Gasteiger partial charge in [-0.3, -0.25) is 4.90 Å². The van der Waals surface area contributed by atoms with E-state index in [1.807, 2.05) is 12.1 Å². The van der Waals surface area contributed by atoms with Crippen molar-refractivity contribution in [3.63, 3.8) is 0 Å². The van der Waals surface area contributed by atoms with Crippen molar-refractivity contribution in [3.05, 3.63) is 76.7 Å². The third kappa shape index (κ3) is 7.00. The second-order valence-corrected chi connectivity index (χ2v) is 9.00. The number of ether oxygens (including phenoxy) is 3. The zero-order valence-electron chi connectivity index (χ0n) is 20.0. The molecule has 3 aromatic heterocycles. The molecule has 0 bridgehead atoms. The second kappa shape index (κ2) is 12.6. The highest BCUT2D eigenvalue weighted by atomic mass is 32.1. The number of rotatable bonds is 13. The number of pyridine rings is 1. The number of fused-ring (bicyclic) bond motifs is 1. The van der Waals surface area contributed by atoms with Crippen LogP contribution in [0.4, 0.5) is 0 Å². The smallest absolute Gasteiger partial charge is 0.316 e. The Hall–Kier alpha value is -3.02. The van der Waals surface area contributed by atoms with Crippen molar-refractivity contribution >= 4 is 21.7 Å². The first-order valence-electron chi connectivity index (χ1n) is 11.4. The van der Waals surface area contributed by atoms with Gasteiger partial charge in [0.2, 0.25) is 0 Å². The topological polar surface area (TPSA) is 109 Å². The van der Waals surface area contributed by atoms with Crippen LogP contribution in [0.3, 0.4) is 0 Å². The molecule has 0 spiro atoms. The van der Waals surface area contributed by atoms with Crippen LogP contribution in [0.2, 0.25) is 0 Å². The number of nitrogens with zero attached hydrogens (tertiary/aromatic N) is 5. The van der Waals surface area contributed by atoms with Crippen LogP contribution in [0.5, 0.6) is 6.01 Å². The van der Waals surface area contributed by atoms with Crippen molar-refractivity contribution in [1.82, 2.24) is 24.8 Å². The van der Waals surface area contributed by atoms with Gasteiger partial charge in [-0.1, -0.05) is 35.6 Å². The van der Waals surface area contributed by atoms with E-state index in [1.54, 1.807) is 32.7 Å². The Morgan fingerprint density at radius 1 is 0.914 bits per heavy atom. The highest BCUT2D eigenvalue weighted by Gasteiger charge is 2.17. The molecule has 0 saturated heterocycles. The predicted octanol–water partition coefficient (Wildman–Crippen LogP) is 3.20. The lowest BCUT2D eigenvalue weighted by Gasteiger charge is -2.21. The molecule has 0 aliphatic heterocycles. The van der Waals surface area contributed by atoms with Gasteiger partial charge in [0, 0.05) is 46.2 Å². The lowest BCUT2D eigenvalue weighted by molar-refractivity contribution is 0.110. The third-order valence-electron chi connectivity index (χ3n) is 5.44. The zero-order valence-corrected chi connectivity index (χ0v) is 20.8. The highest BCUT2D eigenvalue weighted by Crippen LogP contribution is 2.27. The standard InChI is InChI=1S/C25H30N6O3S/c1-32-14-12-31(13-15-33-2)16-18-5-7-19(8-6-18)17-34-25-28-11-9-20(30-25)22(26)24-29-21-4-3-10-27-23(21)35-24/h3-11,22H,12-17,26H2,1-2H3. The number of hydrogen-bond acceptors (Lipinski definition) is 10. The van der Waals surface area contributed by atoms with E-state index < -0.39 is 6.04 Å². The molecule has 0 aliphatic carbocycles. The highest BCUT2D eigenvalue weighted by molar-refractivity contribution is 7.18. The average Bonchev–Trinajstić information content (AvgIpc) is 3.34. The van der Waals surface area contributed by atoms with E-state index >= 15 is 0 Å². The van der Waals surface area contributed by atoms with Crippen LogP contribution in [0.1, 0.15) is 27.9 Å². The fourth-order valence-corrected chi connectivity index (χ4v) is 4.42. The summed E-state index contributed by atoms with van der Waals surface area (Å²) >= 11 is 1.46. The molecule has 10 heteroatoms. The van der Waals surface area contributed by atoms with E-state index in [0.717, 1.165) is 40.6 Å². The molecule has 2 N–H and O–H groups in total. The van der Waals surface area contributed by atoms with Gasteiger partial charge in [-0.25, -0.2) is 15.0 Å². The summed E-state index contributed by atoms with van der Waals surface area (Å²) in [5.74, 6) is 0. The molecule has 1 aromatic carbocycles. The van der Waals surface area contributed by atoms with E-state index in [1.165, 1.54) is 16.9 Å². The average molecular weight is 495 g/mol. The molecule has 1 unspecified atom stereocenters. The normalized spacial score (nSPS) is 12.3. The minimum atomic E-state index is -0.474. The lowest BCUT2D eigenvalue weighted by atomic mass is 10.1. The molecule has 35 heavy (non-hydrogen) atoms. The van der Waals surface area contributed by atoms with Crippen molar-refractivity contribution in [2.75, 3.05) is 40.5 Å². The molecule has 0 radical (unpaired) electrons. The number of methoxy groups -OCH3 is 2. The fourth-order valence-electron chi connectivity index (χ4n) is 3.50. The summed E-state index contributed by atoms with van der Waals surface area (Å²) in [4.78, 5) is 20.8. The Bertz CT molecular complexity index is 1160. The molecule has 1 atom stereocenters. The SMILES string of the molecule is COCCN(CCOC)Cc1ccc(COc2nccc(C(N)c3nc4cccnc4s3)n2)cc1. The van der Waals surface area contributed by atoms with Crippen LogP contribution >= 0.6 is 11.3 Å². The molecule has 0 amide bonds. The Kier molecular flexibility index (Phi) is 9.04. The Morgan fingerprint density at radius 2 is 1.66 bits per heavy atom. The number of thiazole rings is 1. The van der Waals surface area contributed by atoms with Crippen molar-refractivity contribution in [2.45, 2.75) is 19.2 Å². The summed E-state index contributed by atoms with van der Waals surface area (Å²) in [7, 11) is 3.43. The van der Waals surface area contributed by atoms with Gasteiger partial charge < -0.3 is 19.9 Å². The van der Waals surface area contributed by atoms with Crippen molar-refractivity contribution in [1.29, 1.82) is 0 Å². The Morgan fingerprint density at radius 3 is 2.37 bits per heavy atom. The first kappa shape index (κ1) is 25.1. The first-order valence-corrected chi connectivity index (χ1v) is 12.2. The van der Waals surface area contributed by atoms with Crippen LogP contribution < -0.4 is 10.5 Å². The number of nitrogens with two attached hydrogens (primary N) is 1. The maximum atomic E-state index is 6.43. The molecule has 4 aromatic rings. The lowest BCUT2D eigenvalue weighted by Crippen LogP contribution is -2.30. The molecule has 0 aliphatic rings. The van der Waals surface area contributed by atoms with Crippen molar-refractivity contribution in [2.24, 2.45) is 5.73 Å². The zero-order chi connectivity index (χ0) is 24.5. The van der Waals surface area contributed by atoms with E-state index in [4.69, 9.17) is 19.9 Å². The van der Waals surface area contributed by atoms with E-state index in [-0.39, 0.29) is 6.01 Å². The molecular formula is C25H30N6O3S. The minimum Gasteiger partial charge on any atom is -0.459 e. The second-order valence-electron chi connectivity index (χ2n) is 7.99. The van der Waals surface area contributed by atoms with Gasteiger partial charge in [0.1, 0.15) is 28.0 Å². The third-order valence-corrected chi connectivity index (χ3v) is 6.51. The molecule has 0 fully saturated rings. The van der Waals surface area contributed by atoms with Crippen molar-refractivity contribution < 1.29 is 14.2 Å². The summed E-state index contributed by atoms with van der Waals surface area (Å²) in [5.41, 5.74) is 10.2. The Balaban J connectivity index is 1.35. The van der Waals surface area contributed by atoms with Gasteiger partial charge in [0.25, 0.3) is 0 Å². The number of aromatic nitrogens is 4. The molecule has 184 valence electrons.